The molecule has 2 rings (SSSR count). The topological polar surface area (TPSA) is 67.0 Å². The second kappa shape index (κ2) is 6.58. The molecule has 0 radical (unpaired) electrons. The molecule has 0 fully saturated rings. The maximum atomic E-state index is 11.6. The van der Waals surface area contributed by atoms with Gasteiger partial charge in [-0.15, -0.1) is 0 Å². The Morgan fingerprint density at radius 1 is 1.32 bits per heavy atom. The molecule has 0 unspecified atom stereocenters. The van der Waals surface area contributed by atoms with Gasteiger partial charge in [0.2, 0.25) is 0 Å². The lowest BCUT2D eigenvalue weighted by atomic mass is 10.2. The fraction of sp³-hybridized carbons (Fsp3) is 0.286. The van der Waals surface area contributed by atoms with E-state index in [0.717, 1.165) is 17.8 Å². The van der Waals surface area contributed by atoms with Crippen LogP contribution in [0.4, 0.5) is 5.69 Å². The Labute approximate surface area is 112 Å². The monoisotopic (exact) mass is 259 g/mol. The normalized spacial score (nSPS) is 10.2. The van der Waals surface area contributed by atoms with Crippen molar-refractivity contribution in [3.05, 3.63) is 47.8 Å². The molecule has 0 aliphatic rings. The zero-order chi connectivity index (χ0) is 13.5. The standard InChI is InChI=1S/C14H17N3O2/c1-2-9-19-14(18)11-3-5-12(6-4-11)15-10-13-7-8-16-17-13/h3-8,15H,2,9-10H2,1H3,(H,16,17). The molecular weight excluding hydrogens is 242 g/mol. The summed E-state index contributed by atoms with van der Waals surface area (Å²) in [6.07, 6.45) is 2.54. The number of H-pyrrole nitrogens is 1. The first-order chi connectivity index (χ1) is 9.29. The molecule has 2 N–H and O–H groups in total. The van der Waals surface area contributed by atoms with Crippen LogP contribution in [0.2, 0.25) is 0 Å². The first-order valence-electron chi connectivity index (χ1n) is 6.29. The van der Waals surface area contributed by atoms with Crippen LogP contribution in [-0.2, 0) is 11.3 Å². The molecule has 0 aliphatic carbocycles. The van der Waals surface area contributed by atoms with E-state index in [0.29, 0.717) is 18.7 Å². The fourth-order valence-electron chi connectivity index (χ4n) is 1.58. The molecule has 0 bridgehead atoms. The lowest BCUT2D eigenvalue weighted by Crippen LogP contribution is -2.06. The van der Waals surface area contributed by atoms with Gasteiger partial charge in [0.1, 0.15) is 0 Å². The summed E-state index contributed by atoms with van der Waals surface area (Å²) >= 11 is 0. The maximum Gasteiger partial charge on any atom is 0.338 e. The number of ether oxygens (including phenoxy) is 1. The second-order valence-electron chi connectivity index (χ2n) is 4.15. The van der Waals surface area contributed by atoms with Crippen molar-refractivity contribution >= 4 is 11.7 Å². The van der Waals surface area contributed by atoms with Crippen molar-refractivity contribution in [2.75, 3.05) is 11.9 Å². The highest BCUT2D eigenvalue weighted by Crippen LogP contribution is 2.11. The average Bonchev–Trinajstić information content (AvgIpc) is 2.96. The minimum atomic E-state index is -0.276. The molecule has 2 aromatic rings. The third-order valence-electron chi connectivity index (χ3n) is 2.60. The third kappa shape index (κ3) is 3.84. The molecular formula is C14H17N3O2. The number of aromatic nitrogens is 2. The van der Waals surface area contributed by atoms with Gasteiger partial charge in [-0.1, -0.05) is 6.92 Å². The van der Waals surface area contributed by atoms with E-state index in [1.807, 2.05) is 25.1 Å². The quantitative estimate of drug-likeness (QED) is 0.782. The van der Waals surface area contributed by atoms with Gasteiger partial charge in [0.25, 0.3) is 0 Å². The molecule has 5 nitrogen and oxygen atoms in total. The molecule has 1 aromatic carbocycles. The number of hydrogen-bond acceptors (Lipinski definition) is 4. The van der Waals surface area contributed by atoms with Crippen LogP contribution in [0.3, 0.4) is 0 Å². The number of benzene rings is 1. The van der Waals surface area contributed by atoms with E-state index < -0.39 is 0 Å². The Morgan fingerprint density at radius 2 is 2.11 bits per heavy atom. The first-order valence-corrected chi connectivity index (χ1v) is 6.29. The summed E-state index contributed by atoms with van der Waals surface area (Å²) < 4.78 is 5.06. The average molecular weight is 259 g/mol. The van der Waals surface area contributed by atoms with Gasteiger partial charge in [-0.3, -0.25) is 5.10 Å². The number of carbonyl (C=O) groups is 1. The van der Waals surface area contributed by atoms with Crippen molar-refractivity contribution in [3.63, 3.8) is 0 Å². The van der Waals surface area contributed by atoms with Crippen LogP contribution < -0.4 is 5.32 Å². The van der Waals surface area contributed by atoms with Gasteiger partial charge < -0.3 is 10.1 Å². The summed E-state index contributed by atoms with van der Waals surface area (Å²) in [6, 6.07) is 9.14. The minimum Gasteiger partial charge on any atom is -0.462 e. The lowest BCUT2D eigenvalue weighted by molar-refractivity contribution is 0.0505. The van der Waals surface area contributed by atoms with E-state index in [9.17, 15) is 4.79 Å². The predicted molar refractivity (Wildman–Crippen MR) is 72.9 cm³/mol. The Morgan fingerprint density at radius 3 is 2.74 bits per heavy atom. The van der Waals surface area contributed by atoms with E-state index in [2.05, 4.69) is 15.5 Å². The highest BCUT2D eigenvalue weighted by atomic mass is 16.5. The van der Waals surface area contributed by atoms with Crippen molar-refractivity contribution in [1.82, 2.24) is 10.2 Å². The maximum absolute atomic E-state index is 11.6. The molecule has 1 aromatic heterocycles. The van der Waals surface area contributed by atoms with Gasteiger partial charge in [0, 0.05) is 11.9 Å². The van der Waals surface area contributed by atoms with Crippen LogP contribution in [0, 0.1) is 0 Å². The highest BCUT2D eigenvalue weighted by Gasteiger charge is 2.05. The van der Waals surface area contributed by atoms with Crippen LogP contribution in [0.25, 0.3) is 0 Å². The van der Waals surface area contributed by atoms with Crippen LogP contribution in [0.5, 0.6) is 0 Å². The number of anilines is 1. The van der Waals surface area contributed by atoms with Gasteiger partial charge in [0.05, 0.1) is 24.4 Å². The second-order valence-corrected chi connectivity index (χ2v) is 4.15. The van der Waals surface area contributed by atoms with Gasteiger partial charge in [-0.05, 0) is 36.8 Å². The molecule has 0 saturated heterocycles. The van der Waals surface area contributed by atoms with Crippen molar-refractivity contribution in [2.45, 2.75) is 19.9 Å². The highest BCUT2D eigenvalue weighted by molar-refractivity contribution is 5.89. The molecule has 0 spiro atoms. The van der Waals surface area contributed by atoms with E-state index in [1.54, 1.807) is 18.3 Å². The Hall–Kier alpha value is -2.30. The van der Waals surface area contributed by atoms with Crippen LogP contribution in [-0.4, -0.2) is 22.8 Å². The Kier molecular flexibility index (Phi) is 4.55. The van der Waals surface area contributed by atoms with E-state index in [4.69, 9.17) is 4.74 Å². The summed E-state index contributed by atoms with van der Waals surface area (Å²) in [7, 11) is 0. The molecule has 0 amide bonds. The number of nitrogens with zero attached hydrogens (tertiary/aromatic N) is 1. The van der Waals surface area contributed by atoms with Crippen molar-refractivity contribution in [1.29, 1.82) is 0 Å². The summed E-state index contributed by atoms with van der Waals surface area (Å²) in [5, 5.41) is 9.98. The zero-order valence-electron chi connectivity index (χ0n) is 10.8. The number of esters is 1. The summed E-state index contributed by atoms with van der Waals surface area (Å²) in [6.45, 7) is 3.09. The minimum absolute atomic E-state index is 0.276. The molecule has 1 heterocycles. The Balaban J connectivity index is 1.89. The van der Waals surface area contributed by atoms with Crippen molar-refractivity contribution in [2.24, 2.45) is 0 Å². The third-order valence-corrected chi connectivity index (χ3v) is 2.60. The first kappa shape index (κ1) is 13.1. The molecule has 100 valence electrons. The fourth-order valence-corrected chi connectivity index (χ4v) is 1.58. The molecule has 0 saturated carbocycles. The zero-order valence-corrected chi connectivity index (χ0v) is 10.8. The predicted octanol–water partition coefficient (Wildman–Crippen LogP) is 2.59. The molecule has 0 aliphatic heterocycles. The van der Waals surface area contributed by atoms with E-state index >= 15 is 0 Å². The number of aromatic amines is 1. The lowest BCUT2D eigenvalue weighted by Gasteiger charge is -2.06. The molecule has 5 heteroatoms. The van der Waals surface area contributed by atoms with Gasteiger partial charge in [-0.25, -0.2) is 4.79 Å². The summed E-state index contributed by atoms with van der Waals surface area (Å²) in [5.41, 5.74) is 2.52. The van der Waals surface area contributed by atoms with Crippen LogP contribution in [0.15, 0.2) is 36.5 Å². The number of carbonyl (C=O) groups excluding carboxylic acids is 1. The number of rotatable bonds is 6. The summed E-state index contributed by atoms with van der Waals surface area (Å²) in [5.74, 6) is -0.276. The van der Waals surface area contributed by atoms with Crippen molar-refractivity contribution in [3.8, 4) is 0 Å². The Bertz CT molecular complexity index is 506. The van der Waals surface area contributed by atoms with E-state index in [1.165, 1.54) is 0 Å². The van der Waals surface area contributed by atoms with Gasteiger partial charge >= 0.3 is 5.97 Å². The van der Waals surface area contributed by atoms with Crippen LogP contribution in [0.1, 0.15) is 29.4 Å². The number of hydrogen-bond donors (Lipinski definition) is 2. The van der Waals surface area contributed by atoms with E-state index in [-0.39, 0.29) is 5.97 Å². The smallest absolute Gasteiger partial charge is 0.338 e. The SMILES string of the molecule is CCCOC(=O)c1ccc(NCc2ccn[nH]2)cc1. The summed E-state index contributed by atoms with van der Waals surface area (Å²) in [4.78, 5) is 11.6. The molecule has 0 atom stereocenters. The largest absolute Gasteiger partial charge is 0.462 e. The van der Waals surface area contributed by atoms with Crippen molar-refractivity contribution < 1.29 is 9.53 Å². The van der Waals surface area contributed by atoms with Gasteiger partial charge in [-0.2, -0.15) is 5.10 Å². The van der Waals surface area contributed by atoms with Gasteiger partial charge in [0.15, 0.2) is 0 Å². The van der Waals surface area contributed by atoms with Crippen LogP contribution >= 0.6 is 0 Å². The number of nitrogens with one attached hydrogen (secondary N) is 2. The molecule has 19 heavy (non-hydrogen) atoms.